The third-order valence-electron chi connectivity index (χ3n) is 5.35. The summed E-state index contributed by atoms with van der Waals surface area (Å²) < 4.78 is 8.79. The Labute approximate surface area is 186 Å². The molecule has 10 nitrogen and oxygen atoms in total. The van der Waals surface area contributed by atoms with Crippen LogP contribution in [0, 0.1) is 0 Å². The van der Waals surface area contributed by atoms with E-state index in [9.17, 15) is 9.59 Å². The number of amides is 2. The molecule has 1 aromatic carbocycles. The predicted octanol–water partition coefficient (Wildman–Crippen LogP) is 1.27. The summed E-state index contributed by atoms with van der Waals surface area (Å²) in [6.45, 7) is 4.23. The van der Waals surface area contributed by atoms with E-state index in [-0.39, 0.29) is 11.7 Å². The van der Waals surface area contributed by atoms with Gasteiger partial charge in [0.15, 0.2) is 0 Å². The minimum absolute atomic E-state index is 0.0385. The lowest BCUT2D eigenvalue weighted by molar-refractivity contribution is -0.120. The van der Waals surface area contributed by atoms with E-state index in [1.807, 2.05) is 43.3 Å². The van der Waals surface area contributed by atoms with Gasteiger partial charge in [-0.05, 0) is 18.9 Å². The van der Waals surface area contributed by atoms with Gasteiger partial charge in [0.1, 0.15) is 18.2 Å². The van der Waals surface area contributed by atoms with Crippen LogP contribution in [0.2, 0.25) is 0 Å². The summed E-state index contributed by atoms with van der Waals surface area (Å²) in [5.41, 5.74) is 1.93. The molecule has 0 bridgehead atoms. The van der Waals surface area contributed by atoms with E-state index in [0.29, 0.717) is 45.0 Å². The molecule has 0 unspecified atom stereocenters. The molecular weight excluding hydrogens is 410 g/mol. The van der Waals surface area contributed by atoms with Crippen molar-refractivity contribution in [1.82, 2.24) is 29.9 Å². The Balaban J connectivity index is 1.39. The van der Waals surface area contributed by atoms with Crippen LogP contribution >= 0.6 is 0 Å². The molecule has 2 amide bonds. The molecule has 1 atom stereocenters. The van der Waals surface area contributed by atoms with Gasteiger partial charge in [0, 0.05) is 32.7 Å². The number of carbonyl (C=O) groups is 2. The van der Waals surface area contributed by atoms with E-state index in [0.717, 1.165) is 11.3 Å². The van der Waals surface area contributed by atoms with Crippen molar-refractivity contribution in [3.05, 3.63) is 59.8 Å². The topological polar surface area (TPSA) is 107 Å². The Morgan fingerprint density at radius 1 is 1.25 bits per heavy atom. The summed E-state index contributed by atoms with van der Waals surface area (Å²) in [4.78, 5) is 31.3. The Morgan fingerprint density at radius 2 is 2.06 bits per heavy atom. The molecule has 0 radical (unpaired) electrons. The Kier molecular flexibility index (Phi) is 6.60. The van der Waals surface area contributed by atoms with Crippen molar-refractivity contribution in [3.63, 3.8) is 0 Å². The van der Waals surface area contributed by atoms with Crippen LogP contribution in [0.3, 0.4) is 0 Å². The molecule has 3 heterocycles. The Bertz CT molecular complexity index is 1080. The molecule has 1 aliphatic heterocycles. The van der Waals surface area contributed by atoms with Crippen molar-refractivity contribution in [2.75, 3.05) is 25.2 Å². The average molecular weight is 438 g/mol. The first-order valence-corrected chi connectivity index (χ1v) is 10.7. The fourth-order valence-corrected chi connectivity index (χ4v) is 3.66. The minimum atomic E-state index is -0.679. The van der Waals surface area contributed by atoms with Crippen molar-refractivity contribution in [3.8, 4) is 0 Å². The molecule has 4 rings (SSSR count). The van der Waals surface area contributed by atoms with Crippen LogP contribution in [-0.2, 0) is 29.0 Å². The van der Waals surface area contributed by atoms with Crippen LogP contribution in [0.25, 0.3) is 0 Å². The third-order valence-corrected chi connectivity index (χ3v) is 5.35. The van der Waals surface area contributed by atoms with E-state index in [1.165, 1.54) is 11.2 Å². The molecular formula is C22H27N7O3. The van der Waals surface area contributed by atoms with Gasteiger partial charge in [-0.3, -0.25) is 14.5 Å². The first kappa shape index (κ1) is 21.7. The zero-order valence-corrected chi connectivity index (χ0v) is 18.3. The highest BCUT2D eigenvalue weighted by molar-refractivity contribution is 6.00. The number of fused-ring (bicyclic) bond motifs is 1. The second-order valence-corrected chi connectivity index (χ2v) is 7.63. The number of hydrogen-bond acceptors (Lipinski definition) is 6. The van der Waals surface area contributed by atoms with Crippen LogP contribution in [0.5, 0.6) is 0 Å². The van der Waals surface area contributed by atoms with E-state index in [4.69, 9.17) is 4.74 Å². The van der Waals surface area contributed by atoms with Gasteiger partial charge < -0.3 is 10.1 Å². The second kappa shape index (κ2) is 9.73. The minimum Gasteiger partial charge on any atom is -0.381 e. The second-order valence-electron chi connectivity index (χ2n) is 7.63. The number of nitrogens with one attached hydrogen (secondary N) is 1. The fourth-order valence-electron chi connectivity index (χ4n) is 3.66. The molecule has 0 saturated carbocycles. The lowest BCUT2D eigenvalue weighted by atomic mass is 10.2. The standard InChI is InChI=1S/C22H27N7O3/c1-3-32-12-10-17-13-19-27(2)22(31)18(9-11-29(19)25-17)24-21(30)20-23-15-28(26-20)14-16-7-5-4-6-8-16/h4-8,13,15,18H,3,9-12,14H2,1-2H3,(H,24,30)/t18-/m0/s1. The maximum absolute atomic E-state index is 13.0. The Morgan fingerprint density at radius 3 is 2.84 bits per heavy atom. The molecule has 0 spiro atoms. The van der Waals surface area contributed by atoms with Crippen molar-refractivity contribution in [2.24, 2.45) is 0 Å². The van der Waals surface area contributed by atoms with Crippen LogP contribution in [0.1, 0.15) is 35.2 Å². The summed E-state index contributed by atoms with van der Waals surface area (Å²) in [5, 5.41) is 11.6. The maximum Gasteiger partial charge on any atom is 0.291 e. The van der Waals surface area contributed by atoms with Crippen LogP contribution < -0.4 is 10.2 Å². The molecule has 0 saturated heterocycles. The highest BCUT2D eigenvalue weighted by Gasteiger charge is 2.31. The number of aryl methyl sites for hydroxylation is 1. The number of anilines is 1. The van der Waals surface area contributed by atoms with Crippen molar-refractivity contribution in [2.45, 2.75) is 38.9 Å². The highest BCUT2D eigenvalue weighted by Crippen LogP contribution is 2.21. The van der Waals surface area contributed by atoms with Crippen molar-refractivity contribution >= 4 is 17.6 Å². The SMILES string of the molecule is CCOCCc1cc2n(n1)CC[C@H](NC(=O)c1ncn(Cc3ccccc3)n1)C(=O)N2C. The van der Waals surface area contributed by atoms with Gasteiger partial charge in [-0.25, -0.2) is 14.3 Å². The molecule has 10 heteroatoms. The number of likely N-dealkylation sites (N-methyl/N-ethyl adjacent to an activating group) is 1. The van der Waals surface area contributed by atoms with Crippen LogP contribution in [0.15, 0.2) is 42.7 Å². The molecule has 2 aromatic heterocycles. The summed E-state index contributed by atoms with van der Waals surface area (Å²) in [7, 11) is 1.69. The lowest BCUT2D eigenvalue weighted by Crippen LogP contribution is -2.47. The van der Waals surface area contributed by atoms with Gasteiger partial charge in [0.2, 0.25) is 5.82 Å². The number of hydrogen-bond donors (Lipinski definition) is 1. The molecule has 0 aliphatic carbocycles. The number of aromatic nitrogens is 5. The smallest absolute Gasteiger partial charge is 0.291 e. The summed E-state index contributed by atoms with van der Waals surface area (Å²) in [6, 6.07) is 11.0. The summed E-state index contributed by atoms with van der Waals surface area (Å²) in [5.74, 6) is 0.0812. The highest BCUT2D eigenvalue weighted by atomic mass is 16.5. The largest absolute Gasteiger partial charge is 0.381 e. The number of nitrogens with zero attached hydrogens (tertiary/aromatic N) is 6. The molecule has 3 aromatic rings. The number of rotatable bonds is 8. The van der Waals surface area contributed by atoms with Crippen molar-refractivity contribution < 1.29 is 14.3 Å². The van der Waals surface area contributed by atoms with E-state index in [1.54, 1.807) is 16.4 Å². The first-order chi connectivity index (χ1) is 15.5. The average Bonchev–Trinajstić information content (AvgIpc) is 3.41. The zero-order chi connectivity index (χ0) is 22.5. The summed E-state index contributed by atoms with van der Waals surface area (Å²) >= 11 is 0. The molecule has 0 fully saturated rings. The van der Waals surface area contributed by atoms with Crippen LogP contribution in [0.4, 0.5) is 5.82 Å². The van der Waals surface area contributed by atoms with Gasteiger partial charge in [0.25, 0.3) is 11.8 Å². The molecule has 168 valence electrons. The molecule has 32 heavy (non-hydrogen) atoms. The zero-order valence-electron chi connectivity index (χ0n) is 18.3. The van der Waals surface area contributed by atoms with Crippen LogP contribution in [-0.4, -0.2) is 62.7 Å². The Hall–Kier alpha value is -3.53. The molecule has 1 N–H and O–H groups in total. The monoisotopic (exact) mass is 437 g/mol. The van der Waals surface area contributed by atoms with Crippen molar-refractivity contribution in [1.29, 1.82) is 0 Å². The lowest BCUT2D eigenvalue weighted by Gasteiger charge is -2.19. The first-order valence-electron chi connectivity index (χ1n) is 10.7. The van der Waals surface area contributed by atoms with E-state index in [2.05, 4.69) is 20.5 Å². The quantitative estimate of drug-likeness (QED) is 0.532. The van der Waals surface area contributed by atoms with E-state index >= 15 is 0 Å². The van der Waals surface area contributed by atoms with Gasteiger partial charge >= 0.3 is 0 Å². The van der Waals surface area contributed by atoms with Gasteiger partial charge in [-0.1, -0.05) is 30.3 Å². The number of carbonyl (C=O) groups excluding carboxylic acids is 2. The van der Waals surface area contributed by atoms with E-state index < -0.39 is 11.9 Å². The fraction of sp³-hybridized carbons (Fsp3) is 0.409. The van der Waals surface area contributed by atoms with Gasteiger partial charge in [-0.15, -0.1) is 5.10 Å². The summed E-state index contributed by atoms with van der Waals surface area (Å²) in [6.07, 6.45) is 2.63. The van der Waals surface area contributed by atoms with Gasteiger partial charge in [-0.2, -0.15) is 5.10 Å². The molecule has 1 aliphatic rings. The third kappa shape index (κ3) is 4.86. The number of ether oxygens (including phenoxy) is 1. The predicted molar refractivity (Wildman–Crippen MR) is 117 cm³/mol. The van der Waals surface area contributed by atoms with Gasteiger partial charge in [0.05, 0.1) is 18.8 Å². The maximum atomic E-state index is 13.0. The number of benzene rings is 1. The normalized spacial score (nSPS) is 16.0.